The monoisotopic (exact) mass is 485 g/mol. The number of carbonyl (C=O) groups is 1. The van der Waals surface area contributed by atoms with E-state index in [4.69, 9.17) is 20.8 Å². The Morgan fingerprint density at radius 3 is 2.63 bits per heavy atom. The van der Waals surface area contributed by atoms with Gasteiger partial charge in [0.2, 0.25) is 5.89 Å². The minimum absolute atomic E-state index is 0.305. The maximum atomic E-state index is 12.8. The van der Waals surface area contributed by atoms with E-state index in [1.165, 1.54) is 0 Å². The zero-order valence-electron chi connectivity index (χ0n) is 16.1. The number of nitrogens with zero attached hydrogens (tertiary/aromatic N) is 2. The number of benzene rings is 2. The van der Waals surface area contributed by atoms with Crippen LogP contribution in [-0.2, 0) is 4.79 Å². The van der Waals surface area contributed by atoms with Gasteiger partial charge in [0, 0.05) is 16.4 Å². The highest BCUT2D eigenvalue weighted by molar-refractivity contribution is 9.10. The summed E-state index contributed by atoms with van der Waals surface area (Å²) in [6.45, 7) is 3.40. The van der Waals surface area contributed by atoms with E-state index >= 15 is 0 Å². The number of ether oxygens (including phenoxy) is 1. The maximum Gasteiger partial charge on any atom is 0.267 e. The molecule has 152 valence electrons. The van der Waals surface area contributed by atoms with Gasteiger partial charge in [0.15, 0.2) is 16.8 Å². The largest absolute Gasteiger partial charge is 0.478 e. The maximum absolute atomic E-state index is 12.8. The third-order valence-corrected chi connectivity index (χ3v) is 5.20. The number of amides is 1. The SMILES string of the molecule is CC(C)(Oc1ccc(Br)cc1)C(=O)Nc1ccc(-c2nc3ncccc3o2)c(Cl)c1. The fourth-order valence-electron chi connectivity index (χ4n) is 2.78. The predicted molar refractivity (Wildman–Crippen MR) is 120 cm³/mol. The fraction of sp³-hybridized carbons (Fsp3) is 0.136. The Hall–Kier alpha value is -2.90. The minimum Gasteiger partial charge on any atom is -0.478 e. The normalized spacial score (nSPS) is 11.5. The Balaban J connectivity index is 1.51. The van der Waals surface area contributed by atoms with E-state index in [0.717, 1.165) is 4.47 Å². The summed E-state index contributed by atoms with van der Waals surface area (Å²) in [6.07, 6.45) is 1.65. The Kier molecular flexibility index (Phi) is 5.49. The van der Waals surface area contributed by atoms with Crippen molar-refractivity contribution in [3.8, 4) is 17.2 Å². The van der Waals surface area contributed by atoms with Crippen molar-refractivity contribution < 1.29 is 13.9 Å². The van der Waals surface area contributed by atoms with E-state index in [-0.39, 0.29) is 5.91 Å². The lowest BCUT2D eigenvalue weighted by molar-refractivity contribution is -0.128. The molecule has 1 N–H and O–H groups in total. The average Bonchev–Trinajstić information content (AvgIpc) is 3.13. The van der Waals surface area contributed by atoms with Gasteiger partial charge in [0.1, 0.15) is 5.75 Å². The second-order valence-corrected chi connectivity index (χ2v) is 8.38. The Morgan fingerprint density at radius 2 is 1.93 bits per heavy atom. The van der Waals surface area contributed by atoms with Crippen LogP contribution in [0.1, 0.15) is 13.8 Å². The summed E-state index contributed by atoms with van der Waals surface area (Å²) in [7, 11) is 0. The van der Waals surface area contributed by atoms with Crippen molar-refractivity contribution in [1.82, 2.24) is 9.97 Å². The molecular formula is C22H17BrClN3O3. The molecule has 0 radical (unpaired) electrons. The number of halogens is 2. The summed E-state index contributed by atoms with van der Waals surface area (Å²) in [5.74, 6) is 0.655. The highest BCUT2D eigenvalue weighted by atomic mass is 79.9. The molecule has 0 fully saturated rings. The molecule has 6 nitrogen and oxygen atoms in total. The van der Waals surface area contributed by atoms with Crippen LogP contribution in [-0.4, -0.2) is 21.5 Å². The summed E-state index contributed by atoms with van der Waals surface area (Å²) in [6, 6.07) is 16.0. The number of hydrogen-bond acceptors (Lipinski definition) is 5. The molecule has 2 aromatic carbocycles. The second kappa shape index (κ2) is 8.08. The molecular weight excluding hydrogens is 470 g/mol. The van der Waals surface area contributed by atoms with Crippen molar-refractivity contribution >= 4 is 50.4 Å². The quantitative estimate of drug-likeness (QED) is 0.369. The van der Waals surface area contributed by atoms with Crippen LogP contribution in [0.5, 0.6) is 5.75 Å². The molecule has 0 saturated heterocycles. The molecule has 2 heterocycles. The first kappa shape index (κ1) is 20.4. The van der Waals surface area contributed by atoms with Gasteiger partial charge >= 0.3 is 0 Å². The molecule has 1 amide bonds. The lowest BCUT2D eigenvalue weighted by Crippen LogP contribution is -2.42. The molecule has 2 aromatic heterocycles. The summed E-state index contributed by atoms with van der Waals surface area (Å²) >= 11 is 9.80. The second-order valence-electron chi connectivity index (χ2n) is 7.06. The van der Waals surface area contributed by atoms with Gasteiger partial charge in [-0.25, -0.2) is 4.98 Å². The molecule has 4 aromatic rings. The molecule has 0 unspecified atom stereocenters. The number of nitrogens with one attached hydrogen (secondary N) is 1. The molecule has 4 rings (SSSR count). The van der Waals surface area contributed by atoms with Gasteiger partial charge in [-0.3, -0.25) is 4.79 Å². The van der Waals surface area contributed by atoms with Crippen LogP contribution in [0.2, 0.25) is 5.02 Å². The number of fused-ring (bicyclic) bond motifs is 1. The van der Waals surface area contributed by atoms with Crippen LogP contribution in [0, 0.1) is 0 Å². The third-order valence-electron chi connectivity index (χ3n) is 4.36. The van der Waals surface area contributed by atoms with Crippen LogP contribution < -0.4 is 10.1 Å². The number of pyridine rings is 1. The number of oxazole rings is 1. The molecule has 0 aliphatic rings. The van der Waals surface area contributed by atoms with Gasteiger partial charge in [0.05, 0.1) is 10.6 Å². The van der Waals surface area contributed by atoms with E-state index in [1.54, 1.807) is 62.5 Å². The fourth-order valence-corrected chi connectivity index (χ4v) is 3.30. The number of hydrogen-bond donors (Lipinski definition) is 1. The van der Waals surface area contributed by atoms with Crippen molar-refractivity contribution in [1.29, 1.82) is 0 Å². The van der Waals surface area contributed by atoms with Crippen molar-refractivity contribution in [2.45, 2.75) is 19.4 Å². The van der Waals surface area contributed by atoms with Crippen LogP contribution in [0.25, 0.3) is 22.7 Å². The third kappa shape index (κ3) is 4.32. The number of aromatic nitrogens is 2. The van der Waals surface area contributed by atoms with Gasteiger partial charge in [-0.15, -0.1) is 0 Å². The topological polar surface area (TPSA) is 77.2 Å². The summed E-state index contributed by atoms with van der Waals surface area (Å²) in [5.41, 5.74) is 1.14. The van der Waals surface area contributed by atoms with Gasteiger partial charge in [0.25, 0.3) is 5.91 Å². The zero-order chi connectivity index (χ0) is 21.3. The number of rotatable bonds is 5. The van der Waals surface area contributed by atoms with Crippen molar-refractivity contribution in [2.75, 3.05) is 5.32 Å². The first-order valence-corrected chi connectivity index (χ1v) is 10.3. The summed E-state index contributed by atoms with van der Waals surface area (Å²) in [4.78, 5) is 21.3. The number of carbonyl (C=O) groups excluding carboxylic acids is 1. The smallest absolute Gasteiger partial charge is 0.267 e. The summed E-state index contributed by atoms with van der Waals surface area (Å²) < 4.78 is 12.5. The molecule has 0 bridgehead atoms. The lowest BCUT2D eigenvalue weighted by Gasteiger charge is -2.25. The van der Waals surface area contributed by atoms with Crippen LogP contribution in [0.15, 0.2) is 69.7 Å². The first-order valence-electron chi connectivity index (χ1n) is 9.09. The molecule has 0 saturated carbocycles. The molecule has 8 heteroatoms. The molecule has 0 atom stereocenters. The Morgan fingerprint density at radius 1 is 1.17 bits per heavy atom. The predicted octanol–water partition coefficient (Wildman–Crippen LogP) is 6.10. The number of anilines is 1. The van der Waals surface area contributed by atoms with E-state index < -0.39 is 5.60 Å². The molecule has 0 aliphatic carbocycles. The van der Waals surface area contributed by atoms with Gasteiger partial charge in [-0.1, -0.05) is 27.5 Å². The Bertz CT molecular complexity index is 1190. The average molecular weight is 487 g/mol. The molecule has 30 heavy (non-hydrogen) atoms. The van der Waals surface area contributed by atoms with Crippen molar-refractivity contribution in [3.63, 3.8) is 0 Å². The van der Waals surface area contributed by atoms with Crippen LogP contribution >= 0.6 is 27.5 Å². The highest BCUT2D eigenvalue weighted by Crippen LogP contribution is 2.32. The van der Waals surface area contributed by atoms with Gasteiger partial charge < -0.3 is 14.5 Å². The zero-order valence-corrected chi connectivity index (χ0v) is 18.5. The van der Waals surface area contributed by atoms with E-state index in [2.05, 4.69) is 31.2 Å². The van der Waals surface area contributed by atoms with Crippen LogP contribution in [0.3, 0.4) is 0 Å². The van der Waals surface area contributed by atoms with E-state index in [9.17, 15) is 4.79 Å². The van der Waals surface area contributed by atoms with E-state index in [0.29, 0.717) is 39.1 Å². The standard InChI is InChI=1S/C22H17BrClN3O3/c1-22(2,30-15-8-5-13(23)6-9-15)21(28)26-14-7-10-16(17(24)12-14)20-27-19-18(29-20)4-3-11-25-19/h3-12H,1-2H3,(H,26,28). The van der Waals surface area contributed by atoms with E-state index in [1.807, 2.05) is 12.1 Å². The summed E-state index contributed by atoms with van der Waals surface area (Å²) in [5, 5.41) is 3.23. The highest BCUT2D eigenvalue weighted by Gasteiger charge is 2.30. The first-order chi connectivity index (χ1) is 14.3. The molecule has 0 spiro atoms. The van der Waals surface area contributed by atoms with Crippen LogP contribution in [0.4, 0.5) is 5.69 Å². The van der Waals surface area contributed by atoms with Crippen molar-refractivity contribution in [3.05, 3.63) is 70.3 Å². The lowest BCUT2D eigenvalue weighted by atomic mass is 10.1. The Labute approximate surface area is 186 Å². The van der Waals surface area contributed by atoms with Crippen molar-refractivity contribution in [2.24, 2.45) is 0 Å². The minimum atomic E-state index is -1.09. The van der Waals surface area contributed by atoms with Gasteiger partial charge in [-0.05, 0) is 68.4 Å². The molecule has 0 aliphatic heterocycles. The van der Waals surface area contributed by atoms with Gasteiger partial charge in [-0.2, -0.15) is 4.98 Å².